The Morgan fingerprint density at radius 2 is 2.13 bits per heavy atom. The zero-order chi connectivity index (χ0) is 11.3. The van der Waals surface area contributed by atoms with Gasteiger partial charge < -0.3 is 10.6 Å². The summed E-state index contributed by atoms with van der Waals surface area (Å²) in [5.74, 6) is 1.49. The second-order valence-electron chi connectivity index (χ2n) is 4.95. The minimum absolute atomic E-state index is 0.220. The third kappa shape index (κ3) is 4.65. The molecule has 1 saturated heterocycles. The van der Waals surface area contributed by atoms with Gasteiger partial charge in [-0.15, -0.1) is 0 Å². The van der Waals surface area contributed by atoms with E-state index >= 15 is 0 Å². The molecule has 0 saturated carbocycles. The molecule has 3 nitrogen and oxygen atoms in total. The van der Waals surface area contributed by atoms with E-state index in [2.05, 4.69) is 31.4 Å². The molecule has 1 heterocycles. The molecule has 0 aromatic carbocycles. The lowest BCUT2D eigenvalue weighted by Crippen LogP contribution is -2.45. The first-order valence-electron chi connectivity index (χ1n) is 6.11. The standard InChI is InChI=1S/C12H24N2O/c1-4-9(2)5-10(3)14-12(15)6-11-7-13-8-11/h9-11,13H,4-8H2,1-3H3,(H,14,15). The average molecular weight is 212 g/mol. The Kier molecular flexibility index (Phi) is 5.09. The highest BCUT2D eigenvalue weighted by Crippen LogP contribution is 2.11. The van der Waals surface area contributed by atoms with Gasteiger partial charge in [0.25, 0.3) is 0 Å². The third-order valence-electron chi connectivity index (χ3n) is 3.20. The number of nitrogens with one attached hydrogen (secondary N) is 2. The lowest BCUT2D eigenvalue weighted by atomic mass is 9.97. The molecule has 15 heavy (non-hydrogen) atoms. The number of rotatable bonds is 6. The van der Waals surface area contributed by atoms with Crippen LogP contribution in [0.3, 0.4) is 0 Å². The number of hydrogen-bond donors (Lipinski definition) is 2. The summed E-state index contributed by atoms with van der Waals surface area (Å²) < 4.78 is 0. The van der Waals surface area contributed by atoms with Crippen molar-refractivity contribution in [2.75, 3.05) is 13.1 Å². The van der Waals surface area contributed by atoms with Crippen molar-refractivity contribution in [2.24, 2.45) is 11.8 Å². The summed E-state index contributed by atoms with van der Waals surface area (Å²) >= 11 is 0. The van der Waals surface area contributed by atoms with E-state index in [9.17, 15) is 4.79 Å². The second-order valence-corrected chi connectivity index (χ2v) is 4.95. The SMILES string of the molecule is CCC(C)CC(C)NC(=O)CC1CNC1. The highest BCUT2D eigenvalue weighted by atomic mass is 16.1. The largest absolute Gasteiger partial charge is 0.354 e. The van der Waals surface area contributed by atoms with Crippen LogP contribution in [-0.2, 0) is 4.79 Å². The molecule has 0 bridgehead atoms. The molecule has 2 atom stereocenters. The molecular formula is C12H24N2O. The molecule has 1 amide bonds. The topological polar surface area (TPSA) is 41.1 Å². The van der Waals surface area contributed by atoms with Crippen LogP contribution in [-0.4, -0.2) is 25.0 Å². The number of hydrogen-bond acceptors (Lipinski definition) is 2. The predicted octanol–water partition coefficient (Wildman–Crippen LogP) is 1.54. The highest BCUT2D eigenvalue weighted by Gasteiger charge is 2.20. The van der Waals surface area contributed by atoms with E-state index < -0.39 is 0 Å². The fourth-order valence-electron chi connectivity index (χ4n) is 1.92. The lowest BCUT2D eigenvalue weighted by molar-refractivity contribution is -0.123. The molecule has 3 heteroatoms. The first kappa shape index (κ1) is 12.5. The Balaban J connectivity index is 2.12. The maximum atomic E-state index is 11.6. The fraction of sp³-hybridized carbons (Fsp3) is 0.917. The minimum atomic E-state index is 0.220. The first-order valence-corrected chi connectivity index (χ1v) is 6.11. The number of carbonyl (C=O) groups is 1. The monoisotopic (exact) mass is 212 g/mol. The maximum Gasteiger partial charge on any atom is 0.220 e. The van der Waals surface area contributed by atoms with Crippen LogP contribution in [0.2, 0.25) is 0 Å². The molecule has 0 aliphatic carbocycles. The normalized spacial score (nSPS) is 20.5. The summed E-state index contributed by atoms with van der Waals surface area (Å²) in [5, 5.41) is 6.26. The summed E-state index contributed by atoms with van der Waals surface area (Å²) in [6, 6.07) is 0.320. The molecule has 1 aliphatic rings. The van der Waals surface area contributed by atoms with Crippen LogP contribution in [0.15, 0.2) is 0 Å². The second kappa shape index (κ2) is 6.11. The molecule has 2 N–H and O–H groups in total. The van der Waals surface area contributed by atoms with Crippen LogP contribution >= 0.6 is 0 Å². The van der Waals surface area contributed by atoms with Crippen LogP contribution in [0.5, 0.6) is 0 Å². The van der Waals surface area contributed by atoms with Gasteiger partial charge in [0, 0.05) is 12.5 Å². The van der Waals surface area contributed by atoms with E-state index in [4.69, 9.17) is 0 Å². The molecule has 0 aromatic rings. The van der Waals surface area contributed by atoms with Gasteiger partial charge in [0.1, 0.15) is 0 Å². The van der Waals surface area contributed by atoms with Crippen LogP contribution in [0, 0.1) is 11.8 Å². The molecule has 0 aromatic heterocycles. The molecule has 0 radical (unpaired) electrons. The quantitative estimate of drug-likeness (QED) is 0.701. The van der Waals surface area contributed by atoms with Crippen molar-refractivity contribution in [3.8, 4) is 0 Å². The molecule has 0 spiro atoms. The van der Waals surface area contributed by atoms with E-state index in [-0.39, 0.29) is 5.91 Å². The van der Waals surface area contributed by atoms with Crippen LogP contribution in [0.4, 0.5) is 0 Å². The van der Waals surface area contributed by atoms with Gasteiger partial charge in [-0.3, -0.25) is 4.79 Å². The Bertz CT molecular complexity index is 202. The van der Waals surface area contributed by atoms with Crippen molar-refractivity contribution in [1.82, 2.24) is 10.6 Å². The van der Waals surface area contributed by atoms with Crippen LogP contribution < -0.4 is 10.6 Å². The zero-order valence-corrected chi connectivity index (χ0v) is 10.2. The van der Waals surface area contributed by atoms with Gasteiger partial charge in [0.05, 0.1) is 0 Å². The molecular weight excluding hydrogens is 188 g/mol. The highest BCUT2D eigenvalue weighted by molar-refractivity contribution is 5.76. The predicted molar refractivity (Wildman–Crippen MR) is 62.7 cm³/mol. The fourth-order valence-corrected chi connectivity index (χ4v) is 1.92. The Morgan fingerprint density at radius 3 is 2.60 bits per heavy atom. The zero-order valence-electron chi connectivity index (χ0n) is 10.2. The van der Waals surface area contributed by atoms with Gasteiger partial charge >= 0.3 is 0 Å². The van der Waals surface area contributed by atoms with Crippen LogP contribution in [0.1, 0.15) is 40.0 Å². The van der Waals surface area contributed by atoms with E-state index in [0.29, 0.717) is 24.3 Å². The minimum Gasteiger partial charge on any atom is -0.354 e. The van der Waals surface area contributed by atoms with E-state index in [1.165, 1.54) is 6.42 Å². The van der Waals surface area contributed by atoms with Gasteiger partial charge in [-0.05, 0) is 38.3 Å². The van der Waals surface area contributed by atoms with E-state index in [1.807, 2.05) is 0 Å². The Hall–Kier alpha value is -0.570. The molecule has 1 aliphatic heterocycles. The molecule has 88 valence electrons. The van der Waals surface area contributed by atoms with E-state index in [1.54, 1.807) is 0 Å². The molecule has 1 rings (SSSR count). The molecule has 1 fully saturated rings. The van der Waals surface area contributed by atoms with Gasteiger partial charge in [0.2, 0.25) is 5.91 Å². The van der Waals surface area contributed by atoms with Crippen molar-refractivity contribution in [3.63, 3.8) is 0 Å². The van der Waals surface area contributed by atoms with Crippen LogP contribution in [0.25, 0.3) is 0 Å². The summed E-state index contributed by atoms with van der Waals surface area (Å²) in [6.45, 7) is 8.54. The van der Waals surface area contributed by atoms with Crippen molar-refractivity contribution in [1.29, 1.82) is 0 Å². The summed E-state index contributed by atoms with van der Waals surface area (Å²) in [4.78, 5) is 11.6. The maximum absolute atomic E-state index is 11.6. The van der Waals surface area contributed by atoms with E-state index in [0.717, 1.165) is 19.5 Å². The third-order valence-corrected chi connectivity index (χ3v) is 3.20. The Labute approximate surface area is 93.0 Å². The average Bonchev–Trinajstić information content (AvgIpc) is 2.11. The number of amides is 1. The van der Waals surface area contributed by atoms with Gasteiger partial charge in [-0.1, -0.05) is 20.3 Å². The van der Waals surface area contributed by atoms with Crippen molar-refractivity contribution < 1.29 is 4.79 Å². The van der Waals surface area contributed by atoms with Gasteiger partial charge in [0.15, 0.2) is 0 Å². The number of carbonyl (C=O) groups excluding carboxylic acids is 1. The summed E-state index contributed by atoms with van der Waals surface area (Å²) in [5.41, 5.74) is 0. The van der Waals surface area contributed by atoms with Gasteiger partial charge in [-0.2, -0.15) is 0 Å². The smallest absolute Gasteiger partial charge is 0.220 e. The van der Waals surface area contributed by atoms with Crippen molar-refractivity contribution in [2.45, 2.75) is 46.1 Å². The first-order chi connectivity index (χ1) is 7.11. The van der Waals surface area contributed by atoms with Crippen molar-refractivity contribution in [3.05, 3.63) is 0 Å². The molecule has 2 unspecified atom stereocenters. The van der Waals surface area contributed by atoms with Gasteiger partial charge in [-0.25, -0.2) is 0 Å². The lowest BCUT2D eigenvalue weighted by Gasteiger charge is -2.27. The summed E-state index contributed by atoms with van der Waals surface area (Å²) in [7, 11) is 0. The van der Waals surface area contributed by atoms with Crippen molar-refractivity contribution >= 4 is 5.91 Å². The Morgan fingerprint density at radius 1 is 1.47 bits per heavy atom. The summed E-state index contributed by atoms with van der Waals surface area (Å²) in [6.07, 6.45) is 2.97.